The van der Waals surface area contributed by atoms with Crippen LogP contribution in [0.15, 0.2) is 11.6 Å². The van der Waals surface area contributed by atoms with Crippen molar-refractivity contribution in [1.82, 2.24) is 0 Å². The molecular formula is C11H19N. The minimum absolute atomic E-state index is 0.852. The van der Waals surface area contributed by atoms with Gasteiger partial charge in [0.2, 0.25) is 0 Å². The van der Waals surface area contributed by atoms with Crippen LogP contribution in [0.25, 0.3) is 0 Å². The van der Waals surface area contributed by atoms with Crippen LogP contribution >= 0.6 is 0 Å². The van der Waals surface area contributed by atoms with E-state index < -0.39 is 0 Å². The van der Waals surface area contributed by atoms with Crippen molar-refractivity contribution < 1.29 is 0 Å². The summed E-state index contributed by atoms with van der Waals surface area (Å²) in [6.07, 6.45) is 9.64. The van der Waals surface area contributed by atoms with Crippen LogP contribution in [-0.2, 0) is 0 Å². The number of nitriles is 1. The van der Waals surface area contributed by atoms with E-state index in [1.165, 1.54) is 32.1 Å². The Morgan fingerprint density at radius 3 is 2.50 bits per heavy atom. The number of allylic oxidation sites excluding steroid dienone is 2. The van der Waals surface area contributed by atoms with Gasteiger partial charge in [0.1, 0.15) is 0 Å². The highest BCUT2D eigenvalue weighted by atomic mass is 14.2. The molecule has 0 aliphatic heterocycles. The number of nitrogens with zero attached hydrogens (tertiary/aromatic N) is 1. The Kier molecular flexibility index (Phi) is 7.79. The highest BCUT2D eigenvalue weighted by molar-refractivity contribution is 5.16. The van der Waals surface area contributed by atoms with Crippen LogP contribution in [0.2, 0.25) is 0 Å². The third-order valence-corrected chi connectivity index (χ3v) is 1.93. The maximum atomic E-state index is 8.46. The normalized spacial score (nSPS) is 11.2. The van der Waals surface area contributed by atoms with Crippen molar-refractivity contribution in [3.05, 3.63) is 11.6 Å². The van der Waals surface area contributed by atoms with Crippen LogP contribution in [-0.4, -0.2) is 0 Å². The molecule has 0 fully saturated rings. The van der Waals surface area contributed by atoms with Crippen LogP contribution in [0, 0.1) is 11.3 Å². The minimum atomic E-state index is 0.852. The molecule has 0 rings (SSSR count). The summed E-state index contributed by atoms with van der Waals surface area (Å²) < 4.78 is 0. The van der Waals surface area contributed by atoms with Gasteiger partial charge in [0, 0.05) is 5.57 Å². The second-order valence-corrected chi connectivity index (χ2v) is 3.20. The second-order valence-electron chi connectivity index (χ2n) is 3.20. The molecule has 0 aromatic carbocycles. The molecule has 0 aromatic heterocycles. The van der Waals surface area contributed by atoms with Crippen molar-refractivity contribution in [2.75, 3.05) is 0 Å². The van der Waals surface area contributed by atoms with Gasteiger partial charge in [0.25, 0.3) is 0 Å². The first-order chi connectivity index (χ1) is 5.81. The van der Waals surface area contributed by atoms with E-state index in [0.717, 1.165) is 12.0 Å². The average Bonchev–Trinajstić information content (AvgIpc) is 2.10. The zero-order chi connectivity index (χ0) is 9.23. The highest BCUT2D eigenvalue weighted by Gasteiger charge is 1.87. The molecule has 68 valence electrons. The van der Waals surface area contributed by atoms with Gasteiger partial charge in [-0.3, -0.25) is 0 Å². The Bertz CT molecular complexity index is 162. The molecule has 0 radical (unpaired) electrons. The molecule has 0 N–H and O–H groups in total. The van der Waals surface area contributed by atoms with Crippen LogP contribution in [0.4, 0.5) is 0 Å². The molecule has 1 heteroatoms. The first kappa shape index (κ1) is 11.2. The van der Waals surface area contributed by atoms with Gasteiger partial charge in [0.15, 0.2) is 0 Å². The molecule has 0 aromatic rings. The summed E-state index contributed by atoms with van der Waals surface area (Å²) in [7, 11) is 0. The summed E-state index contributed by atoms with van der Waals surface area (Å²) in [5.41, 5.74) is 0.852. The predicted molar refractivity (Wildman–Crippen MR) is 52.7 cm³/mol. The summed E-state index contributed by atoms with van der Waals surface area (Å²) in [6.45, 7) is 4.09. The largest absolute Gasteiger partial charge is 0.193 e. The third kappa shape index (κ3) is 7.34. The monoisotopic (exact) mass is 165 g/mol. The van der Waals surface area contributed by atoms with E-state index in [4.69, 9.17) is 5.26 Å². The molecule has 12 heavy (non-hydrogen) atoms. The number of hydrogen-bond acceptors (Lipinski definition) is 1. The SMILES string of the molecule is CCCCCCC/C=C(/C)C#N. The smallest absolute Gasteiger partial charge is 0.0940 e. The van der Waals surface area contributed by atoms with Gasteiger partial charge in [-0.2, -0.15) is 5.26 Å². The molecule has 0 spiro atoms. The van der Waals surface area contributed by atoms with Gasteiger partial charge in [-0.1, -0.05) is 38.7 Å². The number of rotatable bonds is 6. The summed E-state index contributed by atoms with van der Waals surface area (Å²) in [4.78, 5) is 0. The number of hydrogen-bond donors (Lipinski definition) is 0. The minimum Gasteiger partial charge on any atom is -0.193 e. The summed E-state index contributed by atoms with van der Waals surface area (Å²) >= 11 is 0. The first-order valence-corrected chi connectivity index (χ1v) is 4.88. The van der Waals surface area contributed by atoms with Crippen molar-refractivity contribution in [2.45, 2.75) is 52.4 Å². The van der Waals surface area contributed by atoms with E-state index >= 15 is 0 Å². The molecule has 0 aliphatic carbocycles. The van der Waals surface area contributed by atoms with Crippen molar-refractivity contribution in [1.29, 1.82) is 5.26 Å². The molecule has 0 atom stereocenters. The molecule has 1 nitrogen and oxygen atoms in total. The Balaban J connectivity index is 3.17. The first-order valence-electron chi connectivity index (χ1n) is 4.88. The van der Waals surface area contributed by atoms with Gasteiger partial charge in [-0.05, 0) is 19.8 Å². The summed E-state index contributed by atoms with van der Waals surface area (Å²) in [5, 5.41) is 8.46. The molecule has 0 bridgehead atoms. The van der Waals surface area contributed by atoms with Gasteiger partial charge in [-0.15, -0.1) is 0 Å². The lowest BCUT2D eigenvalue weighted by atomic mass is 10.1. The molecule has 0 saturated carbocycles. The van der Waals surface area contributed by atoms with Gasteiger partial charge < -0.3 is 0 Å². The van der Waals surface area contributed by atoms with E-state index in [-0.39, 0.29) is 0 Å². The maximum Gasteiger partial charge on any atom is 0.0940 e. The van der Waals surface area contributed by atoms with Crippen molar-refractivity contribution in [2.24, 2.45) is 0 Å². The quantitative estimate of drug-likeness (QED) is 0.433. The lowest BCUT2D eigenvalue weighted by molar-refractivity contribution is 0.637. The van der Waals surface area contributed by atoms with Crippen molar-refractivity contribution >= 4 is 0 Å². The maximum absolute atomic E-state index is 8.46. The fraction of sp³-hybridized carbons (Fsp3) is 0.727. The Labute approximate surface area is 76.1 Å². The van der Waals surface area contributed by atoms with E-state index in [9.17, 15) is 0 Å². The summed E-state index contributed by atoms with van der Waals surface area (Å²) in [6, 6.07) is 2.13. The molecule has 0 unspecified atom stereocenters. The molecule has 0 amide bonds. The molecule has 0 heterocycles. The average molecular weight is 165 g/mol. The molecule has 0 aliphatic rings. The Morgan fingerprint density at radius 2 is 1.92 bits per heavy atom. The van der Waals surface area contributed by atoms with Crippen LogP contribution in [0.5, 0.6) is 0 Å². The Morgan fingerprint density at radius 1 is 1.25 bits per heavy atom. The highest BCUT2D eigenvalue weighted by Crippen LogP contribution is 2.06. The van der Waals surface area contributed by atoms with E-state index in [0.29, 0.717) is 0 Å². The van der Waals surface area contributed by atoms with Gasteiger partial charge in [0.05, 0.1) is 6.07 Å². The zero-order valence-corrected chi connectivity index (χ0v) is 8.27. The van der Waals surface area contributed by atoms with E-state index in [1.807, 2.05) is 13.0 Å². The van der Waals surface area contributed by atoms with Gasteiger partial charge >= 0.3 is 0 Å². The van der Waals surface area contributed by atoms with E-state index in [1.54, 1.807) is 0 Å². The fourth-order valence-electron chi connectivity index (χ4n) is 1.11. The lowest BCUT2D eigenvalue weighted by Crippen LogP contribution is -1.77. The van der Waals surface area contributed by atoms with Crippen molar-refractivity contribution in [3.63, 3.8) is 0 Å². The Hall–Kier alpha value is -0.770. The van der Waals surface area contributed by atoms with E-state index in [2.05, 4.69) is 13.0 Å². The lowest BCUT2D eigenvalue weighted by Gasteiger charge is -1.95. The molecular weight excluding hydrogens is 146 g/mol. The predicted octanol–water partition coefficient (Wildman–Crippen LogP) is 3.82. The number of unbranched alkanes of at least 4 members (excludes halogenated alkanes) is 5. The van der Waals surface area contributed by atoms with Crippen LogP contribution in [0.3, 0.4) is 0 Å². The fourth-order valence-corrected chi connectivity index (χ4v) is 1.11. The zero-order valence-electron chi connectivity index (χ0n) is 8.27. The second kappa shape index (κ2) is 8.33. The molecule has 0 saturated heterocycles. The summed E-state index contributed by atoms with van der Waals surface area (Å²) in [5.74, 6) is 0. The standard InChI is InChI=1S/C11H19N/c1-3-4-5-6-7-8-9-11(2)10-12/h9H,3-8H2,1-2H3/b11-9-. The van der Waals surface area contributed by atoms with Crippen LogP contribution in [0.1, 0.15) is 52.4 Å². The topological polar surface area (TPSA) is 23.8 Å². The van der Waals surface area contributed by atoms with Gasteiger partial charge in [-0.25, -0.2) is 0 Å². The van der Waals surface area contributed by atoms with Crippen LogP contribution < -0.4 is 0 Å². The third-order valence-electron chi connectivity index (χ3n) is 1.93. The van der Waals surface area contributed by atoms with Crippen molar-refractivity contribution in [3.8, 4) is 6.07 Å².